The highest BCUT2D eigenvalue weighted by molar-refractivity contribution is 7.99. The summed E-state index contributed by atoms with van der Waals surface area (Å²) in [6.45, 7) is 7.31. The molecule has 2 aromatic carbocycles. The van der Waals surface area contributed by atoms with Gasteiger partial charge in [-0.25, -0.2) is 9.59 Å². The molecule has 1 aliphatic rings. The van der Waals surface area contributed by atoms with Crippen LogP contribution < -0.4 is 5.32 Å². The van der Waals surface area contributed by atoms with Gasteiger partial charge in [-0.3, -0.25) is 4.79 Å². The van der Waals surface area contributed by atoms with Gasteiger partial charge in [-0.15, -0.1) is 0 Å². The van der Waals surface area contributed by atoms with Crippen LogP contribution in [0.25, 0.3) is 11.1 Å². The van der Waals surface area contributed by atoms with E-state index in [1.165, 1.54) is 11.8 Å². The molecule has 0 spiro atoms. The lowest BCUT2D eigenvalue weighted by atomic mass is 9.98. The quantitative estimate of drug-likeness (QED) is 0.175. The van der Waals surface area contributed by atoms with E-state index in [4.69, 9.17) is 14.2 Å². The minimum absolute atomic E-state index is 0.104. The van der Waals surface area contributed by atoms with E-state index in [0.29, 0.717) is 6.42 Å². The summed E-state index contributed by atoms with van der Waals surface area (Å²) in [6.07, 6.45) is 1.44. The van der Waals surface area contributed by atoms with E-state index in [-0.39, 0.29) is 36.6 Å². The fourth-order valence-electron chi connectivity index (χ4n) is 4.47. The first-order chi connectivity index (χ1) is 19.1. The topological polar surface area (TPSA) is 111 Å². The van der Waals surface area contributed by atoms with Crippen molar-refractivity contribution in [2.24, 2.45) is 0 Å². The van der Waals surface area contributed by atoms with Crippen LogP contribution in [0.5, 0.6) is 0 Å². The number of nitrogens with one attached hydrogen (secondary N) is 1. The Morgan fingerprint density at radius 1 is 0.950 bits per heavy atom. The van der Waals surface area contributed by atoms with E-state index < -0.39 is 29.8 Å². The molecule has 8 nitrogen and oxygen atoms in total. The number of hydrogen-bond acceptors (Lipinski definition) is 8. The summed E-state index contributed by atoms with van der Waals surface area (Å²) < 4.78 is 16.2. The average Bonchev–Trinajstić information content (AvgIpc) is 3.23. The molecule has 2 atom stereocenters. The first kappa shape index (κ1) is 31.5. The zero-order chi connectivity index (χ0) is 29.1. The van der Waals surface area contributed by atoms with Crippen LogP contribution in [0.1, 0.15) is 70.4 Å². The van der Waals surface area contributed by atoms with E-state index in [1.54, 1.807) is 20.8 Å². The second-order valence-corrected chi connectivity index (χ2v) is 12.0. The van der Waals surface area contributed by atoms with E-state index in [1.807, 2.05) is 36.4 Å². The van der Waals surface area contributed by atoms with Crippen LogP contribution in [0, 0.1) is 0 Å². The summed E-state index contributed by atoms with van der Waals surface area (Å²) in [6, 6.07) is 15.1. The highest BCUT2D eigenvalue weighted by Crippen LogP contribution is 2.44. The number of amides is 1. The zero-order valence-corrected chi connectivity index (χ0v) is 24.6. The minimum Gasteiger partial charge on any atom is -0.463 e. The van der Waals surface area contributed by atoms with Crippen molar-refractivity contribution in [3.05, 3.63) is 59.7 Å². The number of aliphatic hydroxyl groups excluding tert-OH is 1. The molecule has 1 amide bonds. The van der Waals surface area contributed by atoms with E-state index >= 15 is 0 Å². The van der Waals surface area contributed by atoms with Gasteiger partial charge in [0.05, 0.1) is 6.10 Å². The molecular weight excluding hydrogens is 530 g/mol. The fourth-order valence-corrected chi connectivity index (χ4v) is 5.43. The first-order valence-corrected chi connectivity index (χ1v) is 15.0. The fraction of sp³-hybridized carbons (Fsp3) is 0.516. The molecule has 218 valence electrons. The summed E-state index contributed by atoms with van der Waals surface area (Å²) >= 11 is 1.25. The maximum absolute atomic E-state index is 12.9. The molecule has 0 unspecified atom stereocenters. The number of aliphatic hydroxyl groups is 1. The second-order valence-electron chi connectivity index (χ2n) is 10.9. The van der Waals surface area contributed by atoms with Gasteiger partial charge in [-0.2, -0.15) is 11.8 Å². The number of carbonyl (C=O) groups excluding carboxylic acids is 3. The molecule has 0 aliphatic heterocycles. The van der Waals surface area contributed by atoms with E-state index in [9.17, 15) is 19.5 Å². The van der Waals surface area contributed by atoms with Crippen molar-refractivity contribution in [1.82, 2.24) is 5.32 Å². The van der Waals surface area contributed by atoms with Gasteiger partial charge >= 0.3 is 18.0 Å². The maximum atomic E-state index is 12.9. The second kappa shape index (κ2) is 15.1. The Bertz CT molecular complexity index is 1100. The number of rotatable bonds is 14. The number of benzene rings is 2. The highest BCUT2D eigenvalue weighted by Gasteiger charge is 2.31. The molecule has 0 fully saturated rings. The zero-order valence-electron chi connectivity index (χ0n) is 23.8. The van der Waals surface area contributed by atoms with Gasteiger partial charge in [-0.05, 0) is 49.4 Å². The van der Waals surface area contributed by atoms with Crippen LogP contribution in [-0.2, 0) is 23.8 Å². The van der Waals surface area contributed by atoms with Crippen molar-refractivity contribution >= 4 is 29.8 Å². The van der Waals surface area contributed by atoms with Crippen LogP contribution in [0.2, 0.25) is 0 Å². The van der Waals surface area contributed by atoms with Gasteiger partial charge in [0.15, 0.2) is 0 Å². The van der Waals surface area contributed by atoms with Crippen LogP contribution in [0.4, 0.5) is 4.79 Å². The summed E-state index contributed by atoms with van der Waals surface area (Å²) in [4.78, 5) is 37.5. The van der Waals surface area contributed by atoms with Gasteiger partial charge in [-0.1, -0.05) is 68.3 Å². The predicted octanol–water partition coefficient (Wildman–Crippen LogP) is 5.45. The summed E-state index contributed by atoms with van der Waals surface area (Å²) in [7, 11) is 0. The average molecular weight is 572 g/mol. The lowest BCUT2D eigenvalue weighted by Crippen LogP contribution is -2.46. The highest BCUT2D eigenvalue weighted by atomic mass is 32.2. The molecule has 0 bridgehead atoms. The van der Waals surface area contributed by atoms with Gasteiger partial charge in [0.25, 0.3) is 0 Å². The molecule has 0 saturated carbocycles. The molecular formula is C31H41NO7S. The maximum Gasteiger partial charge on any atom is 0.407 e. The van der Waals surface area contributed by atoms with Crippen LogP contribution in [0.15, 0.2) is 48.5 Å². The number of carbonyl (C=O) groups is 3. The molecule has 1 aliphatic carbocycles. The summed E-state index contributed by atoms with van der Waals surface area (Å²) in [5.41, 5.74) is 3.70. The first-order valence-electron chi connectivity index (χ1n) is 13.8. The Morgan fingerprint density at radius 2 is 1.57 bits per heavy atom. The molecule has 0 heterocycles. The predicted molar refractivity (Wildman–Crippen MR) is 156 cm³/mol. The molecule has 3 rings (SSSR count). The van der Waals surface area contributed by atoms with Crippen LogP contribution in [-0.4, -0.2) is 65.6 Å². The normalized spacial score (nSPS) is 14.0. The monoisotopic (exact) mass is 571 g/mol. The number of ether oxygens (including phenoxy) is 3. The number of thioether (sulfide) groups is 1. The number of hydrogen-bond donors (Lipinski definition) is 2. The lowest BCUT2D eigenvalue weighted by molar-refractivity contribution is -0.156. The Kier molecular flexibility index (Phi) is 11.9. The molecule has 0 saturated heterocycles. The van der Waals surface area contributed by atoms with Crippen LogP contribution in [0.3, 0.4) is 0 Å². The number of fused-ring (bicyclic) bond motifs is 3. The van der Waals surface area contributed by atoms with Crippen molar-refractivity contribution in [3.63, 3.8) is 0 Å². The van der Waals surface area contributed by atoms with Crippen LogP contribution >= 0.6 is 11.8 Å². The third-order valence-corrected chi connectivity index (χ3v) is 7.53. The smallest absolute Gasteiger partial charge is 0.407 e. The summed E-state index contributed by atoms with van der Waals surface area (Å²) in [5, 5.41) is 12.9. The Hall–Kier alpha value is -3.04. The largest absolute Gasteiger partial charge is 0.463 e. The molecule has 0 radical (unpaired) electrons. The van der Waals surface area contributed by atoms with Gasteiger partial charge in [0, 0.05) is 23.8 Å². The van der Waals surface area contributed by atoms with Gasteiger partial charge < -0.3 is 24.6 Å². The molecule has 9 heteroatoms. The van der Waals surface area contributed by atoms with Gasteiger partial charge in [0.1, 0.15) is 24.9 Å². The van der Waals surface area contributed by atoms with Crippen molar-refractivity contribution < 1.29 is 33.7 Å². The SMILES string of the molecule is CCCCCC(=O)OC[C@@H](O)CSC[C@H](NC(=O)OCC1c2ccccc2-c2ccccc21)C(=O)OC(C)(C)C. The minimum atomic E-state index is -0.983. The molecule has 0 aromatic heterocycles. The standard InChI is InChI=1S/C31H41NO7S/c1-5-6-7-16-28(34)37-17-21(33)19-40-20-27(29(35)39-31(2,3)4)32-30(36)38-18-26-24-14-10-8-12-22(24)23-13-9-11-15-25(23)26/h8-15,21,26-27,33H,5-7,16-20H2,1-4H3,(H,32,36)/t21-,27+/m1/s1. The van der Waals surface area contributed by atoms with Crippen molar-refractivity contribution in [3.8, 4) is 11.1 Å². The molecule has 40 heavy (non-hydrogen) atoms. The molecule has 2 aromatic rings. The third-order valence-electron chi connectivity index (χ3n) is 6.34. The Balaban J connectivity index is 1.53. The number of esters is 2. The number of unbranched alkanes of at least 4 members (excludes halogenated alkanes) is 2. The Morgan fingerprint density at radius 3 is 2.17 bits per heavy atom. The van der Waals surface area contributed by atoms with Crippen molar-refractivity contribution in [2.45, 2.75) is 77.0 Å². The van der Waals surface area contributed by atoms with E-state index in [0.717, 1.165) is 41.5 Å². The number of alkyl carbamates (subject to hydrolysis) is 1. The van der Waals surface area contributed by atoms with Crippen molar-refractivity contribution in [1.29, 1.82) is 0 Å². The lowest BCUT2D eigenvalue weighted by Gasteiger charge is -2.25. The van der Waals surface area contributed by atoms with Gasteiger partial charge in [0.2, 0.25) is 0 Å². The van der Waals surface area contributed by atoms with Crippen molar-refractivity contribution in [2.75, 3.05) is 24.7 Å². The summed E-state index contributed by atoms with van der Waals surface area (Å²) in [5.74, 6) is -0.659. The molecule has 2 N–H and O–H groups in total. The third kappa shape index (κ3) is 9.55. The Labute approximate surface area is 241 Å². The van der Waals surface area contributed by atoms with E-state index in [2.05, 4.69) is 24.4 Å².